The zero-order valence-electron chi connectivity index (χ0n) is 12.9. The highest BCUT2D eigenvalue weighted by Crippen LogP contribution is 2.17. The van der Waals surface area contributed by atoms with Crippen molar-refractivity contribution in [2.75, 3.05) is 31.1 Å². The Balaban J connectivity index is 1.91. The van der Waals surface area contributed by atoms with E-state index in [-0.39, 0.29) is 17.9 Å². The van der Waals surface area contributed by atoms with Crippen molar-refractivity contribution in [1.29, 1.82) is 0 Å². The van der Waals surface area contributed by atoms with Crippen LogP contribution in [0.15, 0.2) is 24.3 Å². The molecule has 21 heavy (non-hydrogen) atoms. The van der Waals surface area contributed by atoms with Gasteiger partial charge in [-0.15, -0.1) is 0 Å². The maximum absolute atomic E-state index is 11.9. The van der Waals surface area contributed by atoms with E-state index >= 15 is 0 Å². The van der Waals surface area contributed by atoms with Crippen LogP contribution in [0, 0.1) is 0 Å². The van der Waals surface area contributed by atoms with Crippen molar-refractivity contribution in [3.05, 3.63) is 29.8 Å². The largest absolute Gasteiger partial charge is 0.368 e. The molecule has 1 aromatic carbocycles. The minimum atomic E-state index is 0.0107. The number of hydrogen-bond acceptors (Lipinski definition) is 3. The summed E-state index contributed by atoms with van der Waals surface area (Å²) in [6.45, 7) is 8.55. The molecule has 2 amide bonds. The summed E-state index contributed by atoms with van der Waals surface area (Å²) in [7, 11) is 0. The first kappa shape index (κ1) is 15.4. The summed E-state index contributed by atoms with van der Waals surface area (Å²) >= 11 is 0. The van der Waals surface area contributed by atoms with Gasteiger partial charge in [0, 0.05) is 43.5 Å². The van der Waals surface area contributed by atoms with Crippen molar-refractivity contribution in [2.45, 2.75) is 26.8 Å². The molecule has 1 aliphatic rings. The predicted octanol–water partition coefficient (Wildman–Crippen LogP) is 2.13. The molecule has 1 fully saturated rings. The lowest BCUT2D eigenvalue weighted by molar-refractivity contribution is 0.101. The second-order valence-corrected chi connectivity index (χ2v) is 5.68. The van der Waals surface area contributed by atoms with Gasteiger partial charge in [-0.1, -0.05) is 0 Å². The van der Waals surface area contributed by atoms with E-state index < -0.39 is 0 Å². The Kier molecular flexibility index (Phi) is 4.83. The molecule has 5 heteroatoms. The molecule has 0 unspecified atom stereocenters. The van der Waals surface area contributed by atoms with Crippen molar-refractivity contribution in [3.8, 4) is 0 Å². The van der Waals surface area contributed by atoms with Gasteiger partial charge in [-0.05, 0) is 45.0 Å². The first-order valence-electron chi connectivity index (χ1n) is 7.39. The van der Waals surface area contributed by atoms with Gasteiger partial charge < -0.3 is 15.1 Å². The summed E-state index contributed by atoms with van der Waals surface area (Å²) in [5.41, 5.74) is 1.83. The van der Waals surface area contributed by atoms with Gasteiger partial charge in [0.25, 0.3) is 0 Å². The molecular weight excluding hydrogens is 266 g/mol. The smallest absolute Gasteiger partial charge is 0.317 e. The fourth-order valence-corrected chi connectivity index (χ4v) is 2.41. The van der Waals surface area contributed by atoms with Gasteiger partial charge in [-0.3, -0.25) is 4.79 Å². The van der Waals surface area contributed by atoms with E-state index in [1.54, 1.807) is 6.92 Å². The Morgan fingerprint density at radius 2 is 1.62 bits per heavy atom. The minimum absolute atomic E-state index is 0.0107. The highest BCUT2D eigenvalue weighted by Gasteiger charge is 2.21. The Bertz CT molecular complexity index is 503. The zero-order valence-corrected chi connectivity index (χ0v) is 12.9. The molecule has 0 radical (unpaired) electrons. The van der Waals surface area contributed by atoms with Crippen molar-refractivity contribution >= 4 is 17.5 Å². The van der Waals surface area contributed by atoms with E-state index in [0.29, 0.717) is 13.1 Å². The number of benzene rings is 1. The lowest BCUT2D eigenvalue weighted by atomic mass is 10.1. The molecular formula is C16H23N3O2. The van der Waals surface area contributed by atoms with Crippen LogP contribution in [0.5, 0.6) is 0 Å². The van der Waals surface area contributed by atoms with Gasteiger partial charge in [0.2, 0.25) is 0 Å². The number of amides is 2. The van der Waals surface area contributed by atoms with Crippen LogP contribution in [-0.4, -0.2) is 48.9 Å². The molecule has 5 nitrogen and oxygen atoms in total. The number of urea groups is 1. The number of nitrogens with zero attached hydrogens (tertiary/aromatic N) is 2. The fraction of sp³-hybridized carbons (Fsp3) is 0.500. The van der Waals surface area contributed by atoms with E-state index in [2.05, 4.69) is 10.2 Å². The number of carbonyl (C=O) groups is 2. The maximum Gasteiger partial charge on any atom is 0.317 e. The second kappa shape index (κ2) is 6.61. The molecule has 0 spiro atoms. The summed E-state index contributed by atoms with van der Waals surface area (Å²) in [6.07, 6.45) is 0. The van der Waals surface area contributed by atoms with Gasteiger partial charge in [0.15, 0.2) is 5.78 Å². The molecule has 1 saturated heterocycles. The Morgan fingerprint density at radius 3 is 2.10 bits per heavy atom. The summed E-state index contributed by atoms with van der Waals surface area (Å²) in [4.78, 5) is 27.3. The molecule has 1 N–H and O–H groups in total. The Morgan fingerprint density at radius 1 is 1.05 bits per heavy atom. The standard InChI is InChI=1S/C16H23N3O2/c1-12(2)17-16(21)19-10-8-18(9-11-19)15-6-4-14(5-7-15)13(3)20/h4-7,12H,8-11H2,1-3H3,(H,17,21). The van der Waals surface area contributed by atoms with Crippen LogP contribution in [0.1, 0.15) is 31.1 Å². The third kappa shape index (κ3) is 3.97. The monoisotopic (exact) mass is 289 g/mol. The third-order valence-corrected chi connectivity index (χ3v) is 3.62. The summed E-state index contributed by atoms with van der Waals surface area (Å²) in [6, 6.07) is 7.83. The molecule has 0 bridgehead atoms. The number of piperazine rings is 1. The van der Waals surface area contributed by atoms with Gasteiger partial charge >= 0.3 is 6.03 Å². The second-order valence-electron chi connectivity index (χ2n) is 5.68. The van der Waals surface area contributed by atoms with Crippen LogP contribution in [0.25, 0.3) is 0 Å². The topological polar surface area (TPSA) is 52.7 Å². The number of Topliss-reactive ketones (excluding diaryl/α,β-unsaturated/α-hetero) is 1. The average molecular weight is 289 g/mol. The molecule has 0 aromatic heterocycles. The zero-order chi connectivity index (χ0) is 15.4. The van der Waals surface area contributed by atoms with Gasteiger partial charge in [0.1, 0.15) is 0 Å². The van der Waals surface area contributed by atoms with Crippen molar-refractivity contribution in [1.82, 2.24) is 10.2 Å². The molecule has 1 aliphatic heterocycles. The summed E-state index contributed by atoms with van der Waals surface area (Å²) in [5.74, 6) is 0.0803. The van der Waals surface area contributed by atoms with Crippen LogP contribution in [0.3, 0.4) is 0 Å². The first-order valence-corrected chi connectivity index (χ1v) is 7.39. The Labute approximate surface area is 125 Å². The van der Waals surface area contributed by atoms with Crippen LogP contribution in [-0.2, 0) is 0 Å². The van der Waals surface area contributed by atoms with E-state index in [0.717, 1.165) is 24.3 Å². The lowest BCUT2D eigenvalue weighted by Crippen LogP contribution is -2.52. The highest BCUT2D eigenvalue weighted by molar-refractivity contribution is 5.94. The predicted molar refractivity (Wildman–Crippen MR) is 83.9 cm³/mol. The van der Waals surface area contributed by atoms with Crippen LogP contribution < -0.4 is 10.2 Å². The first-order chi connectivity index (χ1) is 9.97. The van der Waals surface area contributed by atoms with Crippen molar-refractivity contribution in [2.24, 2.45) is 0 Å². The molecule has 1 aromatic rings. The summed E-state index contributed by atoms with van der Waals surface area (Å²) < 4.78 is 0. The number of carbonyl (C=O) groups excluding carboxylic acids is 2. The van der Waals surface area contributed by atoms with Gasteiger partial charge in [-0.2, -0.15) is 0 Å². The quantitative estimate of drug-likeness (QED) is 0.867. The van der Waals surface area contributed by atoms with E-state index in [1.165, 1.54) is 0 Å². The van der Waals surface area contributed by atoms with E-state index in [9.17, 15) is 9.59 Å². The number of anilines is 1. The van der Waals surface area contributed by atoms with Gasteiger partial charge in [0.05, 0.1) is 0 Å². The van der Waals surface area contributed by atoms with Crippen LogP contribution in [0.4, 0.5) is 10.5 Å². The third-order valence-electron chi connectivity index (χ3n) is 3.62. The average Bonchev–Trinajstić information content (AvgIpc) is 2.47. The lowest BCUT2D eigenvalue weighted by Gasteiger charge is -2.36. The van der Waals surface area contributed by atoms with Crippen molar-refractivity contribution in [3.63, 3.8) is 0 Å². The Hall–Kier alpha value is -2.04. The van der Waals surface area contributed by atoms with E-state index in [1.807, 2.05) is 43.0 Å². The van der Waals surface area contributed by atoms with Crippen molar-refractivity contribution < 1.29 is 9.59 Å². The minimum Gasteiger partial charge on any atom is -0.368 e. The number of rotatable bonds is 3. The molecule has 114 valence electrons. The molecule has 2 rings (SSSR count). The number of nitrogens with one attached hydrogen (secondary N) is 1. The number of ketones is 1. The normalized spacial score (nSPS) is 15.2. The maximum atomic E-state index is 11.9. The van der Waals surface area contributed by atoms with Crippen LogP contribution in [0.2, 0.25) is 0 Å². The SMILES string of the molecule is CC(=O)c1ccc(N2CCN(C(=O)NC(C)C)CC2)cc1. The van der Waals surface area contributed by atoms with E-state index in [4.69, 9.17) is 0 Å². The van der Waals surface area contributed by atoms with Crippen LogP contribution >= 0.6 is 0 Å². The fourth-order valence-electron chi connectivity index (χ4n) is 2.41. The molecule has 1 heterocycles. The number of hydrogen-bond donors (Lipinski definition) is 1. The summed E-state index contributed by atoms with van der Waals surface area (Å²) in [5, 5.41) is 2.92. The van der Waals surface area contributed by atoms with Gasteiger partial charge in [-0.25, -0.2) is 4.79 Å². The molecule has 0 atom stereocenters. The highest BCUT2D eigenvalue weighted by atomic mass is 16.2. The molecule has 0 saturated carbocycles. The molecule has 0 aliphatic carbocycles.